The van der Waals surface area contributed by atoms with Crippen LogP contribution in [0.3, 0.4) is 0 Å². The maximum atomic E-state index is 12.9. The first kappa shape index (κ1) is 16.9. The molecule has 0 fully saturated rings. The van der Waals surface area contributed by atoms with Crippen molar-refractivity contribution in [3.8, 4) is 0 Å². The van der Waals surface area contributed by atoms with Crippen LogP contribution < -0.4 is 5.32 Å². The van der Waals surface area contributed by atoms with Crippen LogP contribution in [0.2, 0.25) is 5.02 Å². The van der Waals surface area contributed by atoms with Gasteiger partial charge in [0.2, 0.25) is 5.13 Å². The fraction of sp³-hybridized carbons (Fsp3) is 0.222. The molecule has 1 N–H and O–H groups in total. The van der Waals surface area contributed by atoms with Gasteiger partial charge >= 0.3 is 0 Å². The highest BCUT2D eigenvalue weighted by Crippen LogP contribution is 2.17. The lowest BCUT2D eigenvalue weighted by Crippen LogP contribution is -2.17. The van der Waals surface area contributed by atoms with Crippen LogP contribution in [0, 0.1) is 5.82 Å². The van der Waals surface area contributed by atoms with Crippen molar-refractivity contribution in [2.24, 2.45) is 0 Å². The van der Waals surface area contributed by atoms with Crippen molar-refractivity contribution >= 4 is 28.3 Å². The van der Waals surface area contributed by atoms with Crippen molar-refractivity contribution in [2.75, 3.05) is 5.32 Å². The van der Waals surface area contributed by atoms with E-state index in [1.54, 1.807) is 12.1 Å². The molecule has 0 saturated carbocycles. The predicted octanol–water partition coefficient (Wildman–Crippen LogP) is 4.96. The SMILES string of the molecule is CC(Cc1ccc(Cl)cc1)Nc1nc(Cc2ccc(F)cc2)ns1. The van der Waals surface area contributed by atoms with Gasteiger partial charge in [-0.25, -0.2) is 9.37 Å². The average Bonchev–Trinajstić information content (AvgIpc) is 2.99. The van der Waals surface area contributed by atoms with E-state index in [4.69, 9.17) is 11.6 Å². The van der Waals surface area contributed by atoms with Crippen LogP contribution in [0.5, 0.6) is 0 Å². The summed E-state index contributed by atoms with van der Waals surface area (Å²) < 4.78 is 17.3. The van der Waals surface area contributed by atoms with Crippen LogP contribution in [0.25, 0.3) is 0 Å². The number of benzene rings is 2. The lowest BCUT2D eigenvalue weighted by atomic mass is 10.1. The molecular weight excluding hydrogens is 345 g/mol. The van der Waals surface area contributed by atoms with Crippen LogP contribution in [-0.2, 0) is 12.8 Å². The summed E-state index contributed by atoms with van der Waals surface area (Å²) in [5, 5.41) is 4.92. The topological polar surface area (TPSA) is 37.8 Å². The highest BCUT2D eigenvalue weighted by atomic mass is 35.5. The molecule has 124 valence electrons. The summed E-state index contributed by atoms with van der Waals surface area (Å²) in [6, 6.07) is 14.5. The van der Waals surface area contributed by atoms with Gasteiger partial charge in [-0.15, -0.1) is 0 Å². The monoisotopic (exact) mass is 361 g/mol. The van der Waals surface area contributed by atoms with Crippen LogP contribution >= 0.6 is 23.1 Å². The minimum absolute atomic E-state index is 0.233. The fourth-order valence-corrected chi connectivity index (χ4v) is 3.23. The highest BCUT2D eigenvalue weighted by Gasteiger charge is 2.09. The Balaban J connectivity index is 1.57. The molecule has 1 unspecified atom stereocenters. The maximum absolute atomic E-state index is 12.9. The quantitative estimate of drug-likeness (QED) is 0.674. The van der Waals surface area contributed by atoms with Gasteiger partial charge in [-0.05, 0) is 48.7 Å². The Labute approximate surface area is 149 Å². The zero-order valence-corrected chi connectivity index (χ0v) is 14.7. The molecule has 0 radical (unpaired) electrons. The van der Waals surface area contributed by atoms with Crippen molar-refractivity contribution in [2.45, 2.75) is 25.8 Å². The lowest BCUT2D eigenvalue weighted by Gasteiger charge is -2.12. The smallest absolute Gasteiger partial charge is 0.202 e. The molecule has 3 rings (SSSR count). The number of hydrogen-bond acceptors (Lipinski definition) is 4. The van der Waals surface area contributed by atoms with E-state index >= 15 is 0 Å². The Morgan fingerprint density at radius 3 is 2.46 bits per heavy atom. The van der Waals surface area contributed by atoms with E-state index in [-0.39, 0.29) is 11.9 Å². The van der Waals surface area contributed by atoms with E-state index in [9.17, 15) is 4.39 Å². The van der Waals surface area contributed by atoms with Crippen LogP contribution in [0.4, 0.5) is 9.52 Å². The van der Waals surface area contributed by atoms with Crippen molar-refractivity contribution in [3.05, 3.63) is 76.3 Å². The summed E-state index contributed by atoms with van der Waals surface area (Å²) in [4.78, 5) is 4.51. The summed E-state index contributed by atoms with van der Waals surface area (Å²) in [5.41, 5.74) is 2.21. The average molecular weight is 362 g/mol. The molecule has 0 saturated heterocycles. The van der Waals surface area contributed by atoms with Crippen molar-refractivity contribution in [1.29, 1.82) is 0 Å². The molecule has 0 aliphatic heterocycles. The minimum Gasteiger partial charge on any atom is -0.357 e. The molecule has 3 nitrogen and oxygen atoms in total. The molecule has 0 spiro atoms. The number of anilines is 1. The van der Waals surface area contributed by atoms with Gasteiger partial charge in [0, 0.05) is 29.0 Å². The largest absolute Gasteiger partial charge is 0.357 e. The number of rotatable bonds is 6. The molecule has 0 amide bonds. The normalized spacial score (nSPS) is 12.1. The van der Waals surface area contributed by atoms with Gasteiger partial charge in [0.25, 0.3) is 0 Å². The van der Waals surface area contributed by atoms with Crippen LogP contribution in [0.1, 0.15) is 23.9 Å². The molecule has 24 heavy (non-hydrogen) atoms. The molecule has 6 heteroatoms. The van der Waals surface area contributed by atoms with E-state index < -0.39 is 0 Å². The van der Waals surface area contributed by atoms with Crippen molar-refractivity contribution in [1.82, 2.24) is 9.36 Å². The molecule has 3 aromatic rings. The number of aromatic nitrogens is 2. The first-order valence-electron chi connectivity index (χ1n) is 7.66. The summed E-state index contributed by atoms with van der Waals surface area (Å²) in [6.45, 7) is 2.11. The molecule has 0 aliphatic rings. The van der Waals surface area contributed by atoms with Crippen molar-refractivity contribution < 1.29 is 4.39 Å². The van der Waals surface area contributed by atoms with Gasteiger partial charge < -0.3 is 5.32 Å². The molecule has 0 aliphatic carbocycles. The maximum Gasteiger partial charge on any atom is 0.202 e. The molecule has 1 atom stereocenters. The van der Waals surface area contributed by atoms with Gasteiger partial charge in [0.1, 0.15) is 11.6 Å². The number of halogens is 2. The Bertz CT molecular complexity index is 787. The van der Waals surface area contributed by atoms with E-state index in [0.29, 0.717) is 6.42 Å². The van der Waals surface area contributed by atoms with Gasteiger partial charge in [0.15, 0.2) is 0 Å². The molecule has 1 heterocycles. The summed E-state index contributed by atoms with van der Waals surface area (Å²) in [6.07, 6.45) is 1.48. The Morgan fingerprint density at radius 2 is 1.75 bits per heavy atom. The van der Waals surface area contributed by atoms with E-state index in [2.05, 4.69) is 21.6 Å². The zero-order valence-electron chi connectivity index (χ0n) is 13.2. The Morgan fingerprint density at radius 1 is 1.08 bits per heavy atom. The van der Waals surface area contributed by atoms with Gasteiger partial charge in [-0.3, -0.25) is 0 Å². The Kier molecular flexibility index (Phi) is 5.43. The fourth-order valence-electron chi connectivity index (χ4n) is 2.41. The van der Waals surface area contributed by atoms with E-state index in [1.807, 2.05) is 24.3 Å². The first-order chi connectivity index (χ1) is 11.6. The first-order valence-corrected chi connectivity index (χ1v) is 8.81. The molecule has 2 aromatic carbocycles. The lowest BCUT2D eigenvalue weighted by molar-refractivity contribution is 0.627. The second-order valence-electron chi connectivity index (χ2n) is 5.69. The standard InChI is InChI=1S/C18H17ClFN3S/c1-12(10-13-2-6-15(19)7-3-13)21-18-22-17(23-24-18)11-14-4-8-16(20)9-5-14/h2-9,12H,10-11H2,1H3,(H,21,22,23). The second-order valence-corrected chi connectivity index (χ2v) is 6.88. The van der Waals surface area contributed by atoms with Gasteiger partial charge in [-0.1, -0.05) is 35.9 Å². The number of nitrogens with one attached hydrogen (secondary N) is 1. The predicted molar refractivity (Wildman–Crippen MR) is 97.4 cm³/mol. The van der Waals surface area contributed by atoms with Gasteiger partial charge in [0.05, 0.1) is 0 Å². The minimum atomic E-state index is -0.233. The molecule has 1 aromatic heterocycles. The van der Waals surface area contributed by atoms with Crippen LogP contribution in [0.15, 0.2) is 48.5 Å². The van der Waals surface area contributed by atoms with E-state index in [1.165, 1.54) is 29.2 Å². The molecular formula is C18H17ClFN3S. The second kappa shape index (κ2) is 7.73. The third-order valence-electron chi connectivity index (χ3n) is 3.57. The molecule has 0 bridgehead atoms. The van der Waals surface area contributed by atoms with E-state index in [0.717, 1.165) is 28.0 Å². The van der Waals surface area contributed by atoms with Crippen LogP contribution in [-0.4, -0.2) is 15.4 Å². The van der Waals surface area contributed by atoms with Gasteiger partial charge in [-0.2, -0.15) is 4.37 Å². The Hall–Kier alpha value is -1.98. The highest BCUT2D eigenvalue weighted by molar-refractivity contribution is 7.09. The zero-order chi connectivity index (χ0) is 16.9. The third-order valence-corrected chi connectivity index (χ3v) is 4.50. The third kappa shape index (κ3) is 4.76. The number of nitrogens with zero attached hydrogens (tertiary/aromatic N) is 2. The van der Waals surface area contributed by atoms with Crippen molar-refractivity contribution in [3.63, 3.8) is 0 Å². The number of hydrogen-bond donors (Lipinski definition) is 1. The summed E-state index contributed by atoms with van der Waals surface area (Å²) >= 11 is 7.25. The summed E-state index contributed by atoms with van der Waals surface area (Å²) in [7, 11) is 0. The summed E-state index contributed by atoms with van der Waals surface area (Å²) in [5.74, 6) is 0.510.